The molecule has 0 aliphatic carbocycles. The molecule has 112 valence electrons. The predicted octanol–water partition coefficient (Wildman–Crippen LogP) is 2.42. The summed E-state index contributed by atoms with van der Waals surface area (Å²) in [6.45, 7) is 4.68. The van der Waals surface area contributed by atoms with Crippen LogP contribution in [-0.4, -0.2) is 35.3 Å². The first-order valence-corrected chi connectivity index (χ1v) is 7.12. The van der Waals surface area contributed by atoms with Gasteiger partial charge in [0.25, 0.3) is 0 Å². The van der Waals surface area contributed by atoms with Crippen LogP contribution in [0.1, 0.15) is 32.3 Å². The van der Waals surface area contributed by atoms with Crippen molar-refractivity contribution in [2.45, 2.75) is 32.7 Å². The summed E-state index contributed by atoms with van der Waals surface area (Å²) >= 11 is 6.18. The van der Waals surface area contributed by atoms with Gasteiger partial charge in [0.2, 0.25) is 0 Å². The Balaban J connectivity index is 3.36. The molecule has 0 radical (unpaired) electrons. The number of rotatable bonds is 7. The molecule has 1 aromatic rings. The van der Waals surface area contributed by atoms with Crippen molar-refractivity contribution in [3.05, 3.63) is 28.8 Å². The number of anilines is 1. The lowest BCUT2D eigenvalue weighted by atomic mass is 10.1. The topological polar surface area (TPSA) is 82.1 Å². The second kappa shape index (κ2) is 7.97. The van der Waals surface area contributed by atoms with Gasteiger partial charge in [-0.05, 0) is 25.0 Å². The van der Waals surface area contributed by atoms with E-state index in [1.165, 1.54) is 0 Å². The Bertz CT molecular complexity index is 462. The molecular weight excluding hydrogens is 278 g/mol. The molecule has 0 saturated heterocycles. The van der Waals surface area contributed by atoms with Crippen LogP contribution < -0.4 is 10.6 Å². The quantitative estimate of drug-likeness (QED) is 0.312. The molecule has 0 bridgehead atoms. The van der Waals surface area contributed by atoms with Crippen LogP contribution in [-0.2, 0) is 0 Å². The number of halogens is 1. The molecule has 5 nitrogen and oxygen atoms in total. The lowest BCUT2D eigenvalue weighted by molar-refractivity contribution is 0.296. The monoisotopic (exact) mass is 299 g/mol. The summed E-state index contributed by atoms with van der Waals surface area (Å²) in [6.07, 6.45) is 1.86. The number of hydrogen-bond donors (Lipinski definition) is 3. The standard InChI is InChI=1S/C14H22ClN3O2/c1-3-10(4-2)18(8-9-19)12-7-5-6-11(15)13(12)14(16)17-20/h5-7,10,19-20H,3-4,8-9H2,1-2H3,(H2,16,17). The molecule has 1 aromatic carbocycles. The number of aliphatic hydroxyl groups excluding tert-OH is 1. The largest absolute Gasteiger partial charge is 0.409 e. The molecule has 0 aliphatic rings. The van der Waals surface area contributed by atoms with Crippen LogP contribution >= 0.6 is 11.6 Å². The first-order chi connectivity index (χ1) is 9.60. The van der Waals surface area contributed by atoms with Crippen LogP contribution in [0, 0.1) is 0 Å². The highest BCUT2D eigenvalue weighted by Crippen LogP contribution is 2.30. The summed E-state index contributed by atoms with van der Waals surface area (Å²) < 4.78 is 0. The number of nitrogens with zero attached hydrogens (tertiary/aromatic N) is 2. The van der Waals surface area contributed by atoms with Gasteiger partial charge in [0.15, 0.2) is 5.84 Å². The fourth-order valence-corrected chi connectivity index (χ4v) is 2.66. The molecule has 0 unspecified atom stereocenters. The third-order valence-electron chi connectivity index (χ3n) is 3.39. The van der Waals surface area contributed by atoms with Gasteiger partial charge in [-0.1, -0.05) is 36.7 Å². The minimum atomic E-state index is -0.0282. The van der Waals surface area contributed by atoms with E-state index in [1.54, 1.807) is 6.07 Å². The molecular formula is C14H22ClN3O2. The Morgan fingerprint density at radius 3 is 2.55 bits per heavy atom. The maximum absolute atomic E-state index is 9.31. The van der Waals surface area contributed by atoms with Gasteiger partial charge in [-0.3, -0.25) is 0 Å². The van der Waals surface area contributed by atoms with Gasteiger partial charge in [-0.2, -0.15) is 0 Å². The number of aliphatic hydroxyl groups is 1. The summed E-state index contributed by atoms with van der Waals surface area (Å²) in [5.74, 6) is -0.0282. The first kappa shape index (κ1) is 16.6. The highest BCUT2D eigenvalue weighted by Gasteiger charge is 2.21. The van der Waals surface area contributed by atoms with Crippen molar-refractivity contribution in [2.24, 2.45) is 10.9 Å². The van der Waals surface area contributed by atoms with E-state index >= 15 is 0 Å². The van der Waals surface area contributed by atoms with E-state index in [9.17, 15) is 5.11 Å². The fourth-order valence-electron chi connectivity index (χ4n) is 2.39. The molecule has 0 aromatic heterocycles. The van der Waals surface area contributed by atoms with Gasteiger partial charge in [0.05, 0.1) is 17.2 Å². The Hall–Kier alpha value is -1.46. The van der Waals surface area contributed by atoms with Crippen molar-refractivity contribution in [3.63, 3.8) is 0 Å². The fraction of sp³-hybridized carbons (Fsp3) is 0.500. The Morgan fingerprint density at radius 1 is 1.40 bits per heavy atom. The predicted molar refractivity (Wildman–Crippen MR) is 82.8 cm³/mol. The molecule has 0 heterocycles. The first-order valence-electron chi connectivity index (χ1n) is 6.74. The summed E-state index contributed by atoms with van der Waals surface area (Å²) in [7, 11) is 0. The van der Waals surface area contributed by atoms with Crippen molar-refractivity contribution in [2.75, 3.05) is 18.1 Å². The number of nitrogens with two attached hydrogens (primary N) is 1. The van der Waals surface area contributed by atoms with E-state index in [0.29, 0.717) is 17.1 Å². The molecule has 0 saturated carbocycles. The Morgan fingerprint density at radius 2 is 2.05 bits per heavy atom. The van der Waals surface area contributed by atoms with Crippen molar-refractivity contribution in [1.29, 1.82) is 0 Å². The van der Waals surface area contributed by atoms with E-state index < -0.39 is 0 Å². The van der Waals surface area contributed by atoms with E-state index in [1.807, 2.05) is 12.1 Å². The van der Waals surface area contributed by atoms with Gasteiger partial charge in [0.1, 0.15) is 0 Å². The molecule has 0 amide bonds. The molecule has 4 N–H and O–H groups in total. The molecule has 0 aliphatic heterocycles. The average molecular weight is 300 g/mol. The van der Waals surface area contributed by atoms with Gasteiger partial charge < -0.3 is 20.9 Å². The Labute approximate surface area is 124 Å². The third kappa shape index (κ3) is 3.55. The van der Waals surface area contributed by atoms with Crippen molar-refractivity contribution < 1.29 is 10.3 Å². The van der Waals surface area contributed by atoms with Crippen LogP contribution in [0.3, 0.4) is 0 Å². The molecule has 6 heteroatoms. The number of amidine groups is 1. The zero-order valence-corrected chi connectivity index (χ0v) is 12.6. The second-order valence-corrected chi connectivity index (χ2v) is 4.91. The van der Waals surface area contributed by atoms with Gasteiger partial charge in [-0.25, -0.2) is 0 Å². The summed E-state index contributed by atoms with van der Waals surface area (Å²) in [4.78, 5) is 2.05. The van der Waals surface area contributed by atoms with Crippen LogP contribution in [0.15, 0.2) is 23.4 Å². The highest BCUT2D eigenvalue weighted by molar-refractivity contribution is 6.34. The molecule has 0 spiro atoms. The molecule has 0 fully saturated rings. The third-order valence-corrected chi connectivity index (χ3v) is 3.70. The van der Waals surface area contributed by atoms with Gasteiger partial charge in [-0.15, -0.1) is 0 Å². The zero-order chi connectivity index (χ0) is 15.1. The summed E-state index contributed by atoms with van der Waals surface area (Å²) in [5.41, 5.74) is 7.01. The van der Waals surface area contributed by atoms with Crippen LogP contribution in [0.5, 0.6) is 0 Å². The van der Waals surface area contributed by atoms with Crippen molar-refractivity contribution >= 4 is 23.1 Å². The molecule has 0 atom stereocenters. The maximum atomic E-state index is 9.31. The number of oxime groups is 1. The highest BCUT2D eigenvalue weighted by atomic mass is 35.5. The molecule has 20 heavy (non-hydrogen) atoms. The second-order valence-electron chi connectivity index (χ2n) is 4.51. The van der Waals surface area contributed by atoms with Crippen molar-refractivity contribution in [3.8, 4) is 0 Å². The summed E-state index contributed by atoms with van der Waals surface area (Å²) in [6, 6.07) is 5.64. The number of hydrogen-bond acceptors (Lipinski definition) is 4. The maximum Gasteiger partial charge on any atom is 0.173 e. The summed E-state index contributed by atoms with van der Waals surface area (Å²) in [5, 5.41) is 21.7. The van der Waals surface area contributed by atoms with Crippen LogP contribution in [0.4, 0.5) is 5.69 Å². The van der Waals surface area contributed by atoms with E-state index in [4.69, 9.17) is 22.5 Å². The van der Waals surface area contributed by atoms with Gasteiger partial charge in [0, 0.05) is 18.3 Å². The van der Waals surface area contributed by atoms with Crippen LogP contribution in [0.2, 0.25) is 5.02 Å². The number of benzene rings is 1. The van der Waals surface area contributed by atoms with E-state index in [-0.39, 0.29) is 18.5 Å². The molecule has 1 rings (SSSR count). The van der Waals surface area contributed by atoms with E-state index in [2.05, 4.69) is 23.9 Å². The lowest BCUT2D eigenvalue weighted by Crippen LogP contribution is -2.38. The van der Waals surface area contributed by atoms with Crippen LogP contribution in [0.25, 0.3) is 0 Å². The zero-order valence-electron chi connectivity index (χ0n) is 11.9. The van der Waals surface area contributed by atoms with Crippen molar-refractivity contribution in [1.82, 2.24) is 0 Å². The normalized spacial score (nSPS) is 11.9. The average Bonchev–Trinajstić information content (AvgIpc) is 2.46. The minimum absolute atomic E-state index is 0.0264. The van der Waals surface area contributed by atoms with E-state index in [0.717, 1.165) is 18.5 Å². The van der Waals surface area contributed by atoms with Gasteiger partial charge >= 0.3 is 0 Å². The SMILES string of the molecule is CCC(CC)N(CCO)c1cccc(Cl)c1C(N)=NO. The lowest BCUT2D eigenvalue weighted by Gasteiger charge is -2.33. The Kier molecular flexibility index (Phi) is 6.61. The minimum Gasteiger partial charge on any atom is -0.409 e. The smallest absolute Gasteiger partial charge is 0.173 e.